The molecule has 1 amide bonds. The van der Waals surface area contributed by atoms with Gasteiger partial charge in [-0.3, -0.25) is 9.48 Å². The molecule has 0 unspecified atom stereocenters. The number of rotatable bonds is 4. The molecule has 1 saturated heterocycles. The van der Waals surface area contributed by atoms with Gasteiger partial charge < -0.3 is 20.1 Å². The first-order valence-corrected chi connectivity index (χ1v) is 13.4. The number of carbonyl (C=O) groups excluding carboxylic acids is 1. The molecule has 2 aromatic rings. The molecule has 0 spiro atoms. The number of alkyl halides is 2. The Morgan fingerprint density at radius 1 is 1.14 bits per heavy atom. The molecule has 0 radical (unpaired) electrons. The first-order chi connectivity index (χ1) is 17.9. The summed E-state index contributed by atoms with van der Waals surface area (Å²) in [6.07, 6.45) is 3.81. The van der Waals surface area contributed by atoms with Gasteiger partial charge >= 0.3 is 0 Å². The van der Waals surface area contributed by atoms with Crippen LogP contribution in [0.25, 0.3) is 5.57 Å². The number of aryl methyl sites for hydroxylation is 1. The topological polar surface area (TPSA) is 68.7 Å². The van der Waals surface area contributed by atoms with Crippen molar-refractivity contribution in [2.45, 2.75) is 58.0 Å². The molecular weight excluding hydrogens is 476 g/mol. The van der Waals surface area contributed by atoms with Crippen LogP contribution in [-0.2, 0) is 24.2 Å². The average Bonchev–Trinajstić information content (AvgIpc) is 3.51. The number of hydrogen-bond acceptors (Lipinski definition) is 6. The molecule has 1 aromatic carbocycles. The lowest BCUT2D eigenvalue weighted by atomic mass is 9.92. The van der Waals surface area contributed by atoms with Gasteiger partial charge in [-0.25, -0.2) is 14.2 Å². The van der Waals surface area contributed by atoms with Gasteiger partial charge in [-0.1, -0.05) is 0 Å². The Bertz CT molecular complexity index is 1230. The van der Waals surface area contributed by atoms with Crippen LogP contribution in [0.5, 0.6) is 0 Å². The van der Waals surface area contributed by atoms with Crippen LogP contribution in [0.3, 0.4) is 0 Å². The predicted molar refractivity (Wildman–Crippen MR) is 139 cm³/mol. The van der Waals surface area contributed by atoms with E-state index >= 15 is 0 Å². The Balaban J connectivity index is 1.39. The lowest BCUT2D eigenvalue weighted by Crippen LogP contribution is -2.38. The molecular formula is C27H35F2N7O. The van der Waals surface area contributed by atoms with Crippen molar-refractivity contribution in [1.82, 2.24) is 30.4 Å². The van der Waals surface area contributed by atoms with E-state index in [-0.39, 0.29) is 17.5 Å². The second kappa shape index (κ2) is 9.72. The zero-order chi connectivity index (χ0) is 25.7. The number of likely N-dealkylation sites (tertiary alicyclic amines) is 1. The summed E-state index contributed by atoms with van der Waals surface area (Å²) >= 11 is 0. The minimum atomic E-state index is -2.56. The smallest absolute Gasteiger partial charge is 0.264 e. The fraction of sp³-hybridized carbons (Fsp3) is 0.556. The number of anilines is 2. The number of nitrogens with zero attached hydrogens (tertiary/aromatic N) is 5. The highest BCUT2D eigenvalue weighted by molar-refractivity contribution is 5.77. The Morgan fingerprint density at radius 2 is 1.95 bits per heavy atom. The standard InChI is InChI=1S/C27H35F2N7O/c1-17(37)34-10-6-20(7-11-34)36-24-5-8-30-15-23(24)27(32-36)35-9-3-4-18-12-21(19-14-31-33(2)16-19)22(26(28)29)13-25(18)35/h12-13,16,20,26,30-31H,3-11,14-15H2,1-2H3. The zero-order valence-electron chi connectivity index (χ0n) is 21.6. The summed E-state index contributed by atoms with van der Waals surface area (Å²) in [5.41, 5.74) is 9.16. The van der Waals surface area contributed by atoms with Crippen molar-refractivity contribution >= 4 is 23.0 Å². The van der Waals surface area contributed by atoms with Crippen molar-refractivity contribution in [3.8, 4) is 0 Å². The number of piperidine rings is 1. The van der Waals surface area contributed by atoms with E-state index in [4.69, 9.17) is 5.10 Å². The maximum Gasteiger partial charge on any atom is 0.264 e. The molecule has 37 heavy (non-hydrogen) atoms. The molecule has 2 N–H and O–H groups in total. The summed E-state index contributed by atoms with van der Waals surface area (Å²) in [7, 11) is 1.88. The number of aromatic nitrogens is 2. The van der Waals surface area contributed by atoms with E-state index in [1.54, 1.807) is 13.0 Å². The Kier molecular flexibility index (Phi) is 6.40. The van der Waals surface area contributed by atoms with Gasteiger partial charge in [-0.05, 0) is 54.5 Å². The molecule has 6 rings (SSSR count). The molecule has 0 aliphatic carbocycles. The third kappa shape index (κ3) is 4.40. The minimum absolute atomic E-state index is 0.0806. The number of amides is 1. The molecule has 4 aliphatic heterocycles. The van der Waals surface area contributed by atoms with E-state index < -0.39 is 6.43 Å². The number of fused-ring (bicyclic) bond motifs is 2. The van der Waals surface area contributed by atoms with Crippen LogP contribution < -0.4 is 15.6 Å². The zero-order valence-corrected chi connectivity index (χ0v) is 21.6. The van der Waals surface area contributed by atoms with Crippen molar-refractivity contribution in [1.29, 1.82) is 0 Å². The van der Waals surface area contributed by atoms with E-state index in [0.29, 0.717) is 12.1 Å². The van der Waals surface area contributed by atoms with Crippen LogP contribution in [-0.4, -0.2) is 65.4 Å². The van der Waals surface area contributed by atoms with E-state index in [1.807, 2.05) is 29.2 Å². The van der Waals surface area contributed by atoms with Gasteiger partial charge in [-0.15, -0.1) is 0 Å². The first-order valence-electron chi connectivity index (χ1n) is 13.4. The summed E-state index contributed by atoms with van der Waals surface area (Å²) < 4.78 is 30.9. The SMILES string of the molecule is CC(=O)N1CCC(n2nc(N3CCCc4cc(C5=CN(C)NC5)c(C(F)F)cc43)c3c2CCNC3)CC1. The van der Waals surface area contributed by atoms with E-state index in [1.165, 1.54) is 11.3 Å². The van der Waals surface area contributed by atoms with E-state index in [0.717, 1.165) is 87.5 Å². The monoisotopic (exact) mass is 511 g/mol. The number of hydrazine groups is 1. The molecule has 0 atom stereocenters. The van der Waals surface area contributed by atoms with Crippen LogP contribution in [0.4, 0.5) is 20.3 Å². The van der Waals surface area contributed by atoms with Gasteiger partial charge in [0.25, 0.3) is 6.43 Å². The molecule has 1 aromatic heterocycles. The highest BCUT2D eigenvalue weighted by Crippen LogP contribution is 2.42. The van der Waals surface area contributed by atoms with Gasteiger partial charge in [0, 0.05) is 88.4 Å². The van der Waals surface area contributed by atoms with Crippen molar-refractivity contribution < 1.29 is 13.6 Å². The molecule has 10 heteroatoms. The number of hydrogen-bond donors (Lipinski definition) is 2. The first kappa shape index (κ1) is 24.4. The maximum absolute atomic E-state index is 14.3. The van der Waals surface area contributed by atoms with Crippen LogP contribution in [0.2, 0.25) is 0 Å². The minimum Gasteiger partial charge on any atom is -0.343 e. The van der Waals surface area contributed by atoms with Gasteiger partial charge in [-0.2, -0.15) is 5.10 Å². The Labute approximate surface area is 216 Å². The third-order valence-corrected chi connectivity index (χ3v) is 8.27. The third-order valence-electron chi connectivity index (χ3n) is 8.27. The van der Waals surface area contributed by atoms with Gasteiger partial charge in [0.2, 0.25) is 5.91 Å². The van der Waals surface area contributed by atoms with Crippen molar-refractivity contribution in [2.24, 2.45) is 0 Å². The number of benzene rings is 1. The van der Waals surface area contributed by atoms with Crippen LogP contribution in [0, 0.1) is 0 Å². The Hall–Kier alpha value is -2.98. The normalized spacial score (nSPS) is 20.4. The second-order valence-corrected chi connectivity index (χ2v) is 10.6. The maximum atomic E-state index is 14.3. The van der Waals surface area contributed by atoms with E-state index in [9.17, 15) is 13.6 Å². The summed E-state index contributed by atoms with van der Waals surface area (Å²) in [6.45, 7) is 6.05. The van der Waals surface area contributed by atoms with Gasteiger partial charge in [0.05, 0.1) is 6.04 Å². The van der Waals surface area contributed by atoms with Crippen LogP contribution in [0.1, 0.15) is 66.6 Å². The summed E-state index contributed by atoms with van der Waals surface area (Å²) in [6, 6.07) is 3.94. The highest BCUT2D eigenvalue weighted by Gasteiger charge is 2.33. The van der Waals surface area contributed by atoms with Crippen LogP contribution in [0.15, 0.2) is 18.3 Å². The molecule has 8 nitrogen and oxygen atoms in total. The number of nitrogens with one attached hydrogen (secondary N) is 2. The molecule has 4 aliphatic rings. The fourth-order valence-corrected chi connectivity index (χ4v) is 6.33. The quantitative estimate of drug-likeness (QED) is 0.655. The molecule has 5 heterocycles. The highest BCUT2D eigenvalue weighted by atomic mass is 19.3. The number of halogens is 2. The second-order valence-electron chi connectivity index (χ2n) is 10.6. The lowest BCUT2D eigenvalue weighted by molar-refractivity contribution is -0.130. The summed E-state index contributed by atoms with van der Waals surface area (Å²) in [4.78, 5) is 15.9. The molecule has 198 valence electrons. The van der Waals surface area contributed by atoms with Crippen molar-refractivity contribution in [3.63, 3.8) is 0 Å². The largest absolute Gasteiger partial charge is 0.343 e. The Morgan fingerprint density at radius 3 is 2.65 bits per heavy atom. The van der Waals surface area contributed by atoms with Crippen LogP contribution >= 0.6 is 0 Å². The molecule has 1 fully saturated rings. The average molecular weight is 512 g/mol. The lowest BCUT2D eigenvalue weighted by Gasteiger charge is -2.32. The molecule has 0 saturated carbocycles. The van der Waals surface area contributed by atoms with Gasteiger partial charge in [0.15, 0.2) is 5.82 Å². The van der Waals surface area contributed by atoms with Crippen molar-refractivity contribution in [2.75, 3.05) is 44.7 Å². The summed E-state index contributed by atoms with van der Waals surface area (Å²) in [5.74, 6) is 1.02. The van der Waals surface area contributed by atoms with Crippen molar-refractivity contribution in [3.05, 3.63) is 46.3 Å². The fourth-order valence-electron chi connectivity index (χ4n) is 6.33. The summed E-state index contributed by atoms with van der Waals surface area (Å²) in [5, 5.41) is 10.5. The van der Waals surface area contributed by atoms with Gasteiger partial charge in [0.1, 0.15) is 0 Å². The predicted octanol–water partition coefficient (Wildman–Crippen LogP) is 3.53. The van der Waals surface area contributed by atoms with E-state index in [2.05, 4.69) is 20.3 Å². The molecule has 0 bridgehead atoms. The number of carbonyl (C=O) groups is 1.